The van der Waals surface area contributed by atoms with Crippen LogP contribution in [0.4, 0.5) is 0 Å². The third-order valence-electron chi connectivity index (χ3n) is 3.51. The molecule has 1 aliphatic rings. The van der Waals surface area contributed by atoms with Crippen LogP contribution in [0, 0.1) is 0 Å². The quantitative estimate of drug-likeness (QED) is 0.708. The first-order valence-electron chi connectivity index (χ1n) is 5.97. The Morgan fingerprint density at radius 2 is 2.31 bits per heavy atom. The second-order valence-corrected chi connectivity index (χ2v) is 4.55. The van der Waals surface area contributed by atoms with Crippen molar-refractivity contribution in [3.8, 4) is 0 Å². The molecule has 0 radical (unpaired) electrons. The molecule has 0 saturated heterocycles. The molecule has 1 heterocycles. The zero-order valence-corrected chi connectivity index (χ0v) is 9.80. The van der Waals surface area contributed by atoms with Crippen LogP contribution < -0.4 is 0 Å². The number of rotatable bonds is 5. The van der Waals surface area contributed by atoms with Crippen LogP contribution in [0.3, 0.4) is 0 Å². The molecule has 0 atom stereocenters. The molecule has 0 unspecified atom stereocenters. The lowest BCUT2D eigenvalue weighted by Crippen LogP contribution is -2.32. The van der Waals surface area contributed by atoms with Gasteiger partial charge in [0, 0.05) is 19.1 Å². The van der Waals surface area contributed by atoms with Crippen molar-refractivity contribution >= 4 is 6.29 Å². The Hall–Kier alpha value is -1.16. The maximum absolute atomic E-state index is 10.7. The fourth-order valence-corrected chi connectivity index (χ4v) is 2.41. The van der Waals surface area contributed by atoms with Crippen LogP contribution in [0.5, 0.6) is 0 Å². The number of hydrogen-bond donors (Lipinski definition) is 0. The average molecular weight is 221 g/mol. The number of aldehydes is 1. The van der Waals surface area contributed by atoms with E-state index in [-0.39, 0.29) is 0 Å². The highest BCUT2D eigenvalue weighted by molar-refractivity contribution is 5.71. The molecule has 1 saturated carbocycles. The van der Waals surface area contributed by atoms with E-state index >= 15 is 0 Å². The van der Waals surface area contributed by atoms with E-state index in [1.54, 1.807) is 12.5 Å². The summed E-state index contributed by atoms with van der Waals surface area (Å²) >= 11 is 0. The molecule has 2 rings (SSSR count). The van der Waals surface area contributed by atoms with Gasteiger partial charge in [-0.15, -0.1) is 0 Å². The van der Waals surface area contributed by atoms with Gasteiger partial charge in [0.2, 0.25) is 0 Å². The minimum absolute atomic E-state index is 0.667. The minimum atomic E-state index is 0.667. The maximum Gasteiger partial charge on any atom is 0.168 e. The number of nitrogens with zero attached hydrogens (tertiary/aromatic N) is 3. The average Bonchev–Trinajstić information content (AvgIpc) is 2.96. The lowest BCUT2D eigenvalue weighted by Gasteiger charge is -2.24. The summed E-state index contributed by atoms with van der Waals surface area (Å²) in [7, 11) is 2.17. The highest BCUT2D eigenvalue weighted by atomic mass is 16.1. The van der Waals surface area contributed by atoms with Gasteiger partial charge in [-0.2, -0.15) is 0 Å². The molecule has 0 amide bonds. The fourth-order valence-electron chi connectivity index (χ4n) is 2.41. The van der Waals surface area contributed by atoms with Crippen LogP contribution in [-0.4, -0.2) is 40.4 Å². The van der Waals surface area contributed by atoms with Gasteiger partial charge in [0.05, 0.1) is 12.5 Å². The van der Waals surface area contributed by atoms with Crippen molar-refractivity contribution in [2.24, 2.45) is 0 Å². The van der Waals surface area contributed by atoms with Gasteiger partial charge in [-0.3, -0.25) is 4.79 Å². The van der Waals surface area contributed by atoms with Gasteiger partial charge < -0.3 is 9.47 Å². The largest absolute Gasteiger partial charge is 0.327 e. The van der Waals surface area contributed by atoms with Crippen molar-refractivity contribution in [1.29, 1.82) is 0 Å². The van der Waals surface area contributed by atoms with Gasteiger partial charge in [0.1, 0.15) is 5.69 Å². The van der Waals surface area contributed by atoms with Crippen LogP contribution >= 0.6 is 0 Å². The standard InChI is InChI=1S/C12H19N3O/c1-14(11-4-2-3-5-11)6-7-15-10-13-8-12(15)9-16/h8-11H,2-7H2,1H3. The van der Waals surface area contributed by atoms with Crippen molar-refractivity contribution in [2.75, 3.05) is 13.6 Å². The van der Waals surface area contributed by atoms with Crippen LogP contribution in [0.1, 0.15) is 36.2 Å². The summed E-state index contributed by atoms with van der Waals surface area (Å²) in [6, 6.07) is 0.739. The number of hydrogen-bond acceptors (Lipinski definition) is 3. The number of imidazole rings is 1. The van der Waals surface area contributed by atoms with E-state index in [1.165, 1.54) is 25.7 Å². The molecule has 4 heteroatoms. The van der Waals surface area contributed by atoms with Crippen molar-refractivity contribution in [2.45, 2.75) is 38.3 Å². The Balaban J connectivity index is 1.84. The van der Waals surface area contributed by atoms with E-state index < -0.39 is 0 Å². The highest BCUT2D eigenvalue weighted by Crippen LogP contribution is 2.22. The number of aromatic nitrogens is 2. The van der Waals surface area contributed by atoms with E-state index in [4.69, 9.17) is 0 Å². The fraction of sp³-hybridized carbons (Fsp3) is 0.667. The van der Waals surface area contributed by atoms with Crippen molar-refractivity contribution in [3.05, 3.63) is 18.2 Å². The zero-order valence-electron chi connectivity index (χ0n) is 9.80. The minimum Gasteiger partial charge on any atom is -0.327 e. The third kappa shape index (κ3) is 2.50. The zero-order chi connectivity index (χ0) is 11.4. The van der Waals surface area contributed by atoms with E-state index in [0.29, 0.717) is 5.69 Å². The Morgan fingerprint density at radius 1 is 1.56 bits per heavy atom. The molecule has 88 valence electrons. The monoisotopic (exact) mass is 221 g/mol. The molecule has 0 bridgehead atoms. The normalized spacial score (nSPS) is 17.1. The molecular formula is C12H19N3O. The predicted octanol–water partition coefficient (Wildman–Crippen LogP) is 1.57. The molecule has 0 aliphatic heterocycles. The Kier molecular flexibility index (Phi) is 3.72. The molecule has 1 fully saturated rings. The highest BCUT2D eigenvalue weighted by Gasteiger charge is 2.19. The Labute approximate surface area is 96.3 Å². The first-order valence-corrected chi connectivity index (χ1v) is 5.97. The van der Waals surface area contributed by atoms with Crippen molar-refractivity contribution in [3.63, 3.8) is 0 Å². The Morgan fingerprint density at radius 3 is 3.00 bits per heavy atom. The molecule has 0 spiro atoms. The summed E-state index contributed by atoms with van der Waals surface area (Å²) < 4.78 is 1.92. The molecule has 16 heavy (non-hydrogen) atoms. The summed E-state index contributed by atoms with van der Waals surface area (Å²) in [5.41, 5.74) is 0.667. The number of likely N-dealkylation sites (N-methyl/N-ethyl adjacent to an activating group) is 1. The van der Waals surface area contributed by atoms with E-state index in [0.717, 1.165) is 25.4 Å². The van der Waals surface area contributed by atoms with Crippen LogP contribution in [0.2, 0.25) is 0 Å². The summed E-state index contributed by atoms with van der Waals surface area (Å²) in [4.78, 5) is 17.1. The predicted molar refractivity (Wildman–Crippen MR) is 62.5 cm³/mol. The van der Waals surface area contributed by atoms with Crippen LogP contribution in [0.15, 0.2) is 12.5 Å². The van der Waals surface area contributed by atoms with Crippen molar-refractivity contribution in [1.82, 2.24) is 14.5 Å². The molecule has 1 aliphatic carbocycles. The topological polar surface area (TPSA) is 38.1 Å². The second kappa shape index (κ2) is 5.25. The lowest BCUT2D eigenvalue weighted by atomic mass is 10.2. The Bertz CT molecular complexity index is 342. The number of carbonyl (C=O) groups excluding carboxylic acids is 1. The molecular weight excluding hydrogens is 202 g/mol. The summed E-state index contributed by atoms with van der Waals surface area (Å²) in [6.07, 6.45) is 9.57. The molecule has 0 N–H and O–H groups in total. The smallest absolute Gasteiger partial charge is 0.168 e. The second-order valence-electron chi connectivity index (χ2n) is 4.55. The van der Waals surface area contributed by atoms with Crippen LogP contribution in [-0.2, 0) is 6.54 Å². The first kappa shape index (κ1) is 11.3. The SMILES string of the molecule is CN(CCn1cncc1C=O)C1CCCC1. The summed E-state index contributed by atoms with van der Waals surface area (Å²) in [6.45, 7) is 1.84. The van der Waals surface area contributed by atoms with Gasteiger partial charge >= 0.3 is 0 Å². The van der Waals surface area contributed by atoms with Gasteiger partial charge in [0.25, 0.3) is 0 Å². The van der Waals surface area contributed by atoms with E-state index in [1.807, 2.05) is 4.57 Å². The molecule has 1 aromatic heterocycles. The number of carbonyl (C=O) groups is 1. The third-order valence-corrected chi connectivity index (χ3v) is 3.51. The summed E-state index contributed by atoms with van der Waals surface area (Å²) in [5.74, 6) is 0. The first-order chi connectivity index (χ1) is 7.81. The van der Waals surface area contributed by atoms with E-state index in [2.05, 4.69) is 16.9 Å². The molecule has 1 aromatic rings. The molecule has 0 aromatic carbocycles. The van der Waals surface area contributed by atoms with Gasteiger partial charge in [-0.05, 0) is 19.9 Å². The summed E-state index contributed by atoms with van der Waals surface area (Å²) in [5, 5.41) is 0. The van der Waals surface area contributed by atoms with Gasteiger partial charge in [-0.1, -0.05) is 12.8 Å². The molecule has 4 nitrogen and oxygen atoms in total. The van der Waals surface area contributed by atoms with Crippen molar-refractivity contribution < 1.29 is 4.79 Å². The maximum atomic E-state index is 10.7. The van der Waals surface area contributed by atoms with Crippen LogP contribution in [0.25, 0.3) is 0 Å². The van der Waals surface area contributed by atoms with Gasteiger partial charge in [-0.25, -0.2) is 4.98 Å². The van der Waals surface area contributed by atoms with Gasteiger partial charge in [0.15, 0.2) is 6.29 Å². The van der Waals surface area contributed by atoms with E-state index in [9.17, 15) is 4.79 Å². The lowest BCUT2D eigenvalue weighted by molar-refractivity contribution is 0.111.